The van der Waals surface area contributed by atoms with Crippen LogP contribution in [0.25, 0.3) is 0 Å². The molecule has 19 heavy (non-hydrogen) atoms. The second-order valence-electron chi connectivity index (χ2n) is 3.63. The lowest BCUT2D eigenvalue weighted by molar-refractivity contribution is -0.321. The normalized spacial score (nSPS) is 12.8. The van der Waals surface area contributed by atoms with Crippen LogP contribution in [-0.4, -0.2) is 31.6 Å². The third-order valence-electron chi connectivity index (χ3n) is 2.08. The molecule has 0 bridgehead atoms. The zero-order valence-electron chi connectivity index (χ0n) is 9.55. The standard InChI is InChI=1S/C11H11F6NO/c12-10(13,14)9(11(15,16)17)19-7-6-18-8-4-2-1-3-5-8/h1-5,9,18H,6-7H2. The molecule has 0 aliphatic rings. The molecule has 1 aromatic rings. The number of halogens is 6. The van der Waals surface area contributed by atoms with Gasteiger partial charge in [0.05, 0.1) is 6.61 Å². The Morgan fingerprint density at radius 1 is 0.947 bits per heavy atom. The molecule has 0 spiro atoms. The van der Waals surface area contributed by atoms with Gasteiger partial charge in [-0.15, -0.1) is 0 Å². The molecule has 0 saturated heterocycles. The molecule has 0 amide bonds. The Morgan fingerprint density at radius 2 is 1.47 bits per heavy atom. The molecule has 0 radical (unpaired) electrons. The van der Waals surface area contributed by atoms with Crippen LogP contribution in [0, 0.1) is 0 Å². The first-order chi connectivity index (χ1) is 8.71. The number of anilines is 1. The summed E-state index contributed by atoms with van der Waals surface area (Å²) in [6.07, 6.45) is -14.7. The molecule has 0 aliphatic carbocycles. The molecule has 0 aromatic heterocycles. The van der Waals surface area contributed by atoms with Crippen molar-refractivity contribution in [2.24, 2.45) is 0 Å². The highest BCUT2D eigenvalue weighted by molar-refractivity contribution is 5.42. The molecule has 1 N–H and O–H groups in total. The van der Waals surface area contributed by atoms with Crippen LogP contribution in [-0.2, 0) is 4.74 Å². The molecule has 108 valence electrons. The van der Waals surface area contributed by atoms with Crippen LogP contribution >= 0.6 is 0 Å². The first-order valence-electron chi connectivity index (χ1n) is 5.25. The number of ether oxygens (including phenoxy) is 1. The van der Waals surface area contributed by atoms with Gasteiger partial charge in [0, 0.05) is 12.2 Å². The van der Waals surface area contributed by atoms with Crippen LogP contribution in [0.2, 0.25) is 0 Å². The Bertz CT molecular complexity index is 361. The van der Waals surface area contributed by atoms with Crippen molar-refractivity contribution < 1.29 is 31.1 Å². The molecule has 0 unspecified atom stereocenters. The maximum atomic E-state index is 12.1. The smallest absolute Gasteiger partial charge is 0.383 e. The zero-order valence-corrected chi connectivity index (χ0v) is 9.55. The third-order valence-corrected chi connectivity index (χ3v) is 2.08. The fourth-order valence-electron chi connectivity index (χ4n) is 1.30. The minimum absolute atomic E-state index is 0.160. The highest BCUT2D eigenvalue weighted by Crippen LogP contribution is 2.35. The van der Waals surface area contributed by atoms with Crippen LogP contribution in [0.3, 0.4) is 0 Å². The predicted octanol–water partition coefficient (Wildman–Crippen LogP) is 3.61. The molecule has 0 fully saturated rings. The van der Waals surface area contributed by atoms with Gasteiger partial charge in [-0.25, -0.2) is 0 Å². The maximum absolute atomic E-state index is 12.1. The van der Waals surface area contributed by atoms with Crippen LogP contribution in [0.4, 0.5) is 32.0 Å². The van der Waals surface area contributed by atoms with E-state index in [-0.39, 0.29) is 6.54 Å². The van der Waals surface area contributed by atoms with E-state index >= 15 is 0 Å². The molecular formula is C11H11F6NO. The van der Waals surface area contributed by atoms with Crippen molar-refractivity contribution in [3.8, 4) is 0 Å². The summed E-state index contributed by atoms with van der Waals surface area (Å²) in [5, 5.41) is 2.64. The first-order valence-corrected chi connectivity index (χ1v) is 5.25. The SMILES string of the molecule is FC(F)(F)C(OCCNc1ccccc1)C(F)(F)F. The summed E-state index contributed by atoms with van der Waals surface area (Å²) in [4.78, 5) is 0. The Kier molecular flexibility index (Phi) is 5.04. The topological polar surface area (TPSA) is 21.3 Å². The Morgan fingerprint density at radius 3 is 1.95 bits per heavy atom. The Hall–Kier alpha value is -1.44. The molecule has 8 heteroatoms. The molecular weight excluding hydrogens is 276 g/mol. The molecule has 0 atom stereocenters. The quantitative estimate of drug-likeness (QED) is 0.660. The number of benzene rings is 1. The first kappa shape index (κ1) is 15.6. The van der Waals surface area contributed by atoms with Crippen molar-refractivity contribution >= 4 is 5.69 Å². The predicted molar refractivity (Wildman–Crippen MR) is 56.8 cm³/mol. The fraction of sp³-hybridized carbons (Fsp3) is 0.455. The van der Waals surface area contributed by atoms with Gasteiger partial charge in [-0.1, -0.05) is 18.2 Å². The Labute approximate surface area is 105 Å². The van der Waals surface area contributed by atoms with E-state index in [4.69, 9.17) is 0 Å². The van der Waals surface area contributed by atoms with E-state index in [0.717, 1.165) is 0 Å². The average Bonchev–Trinajstić information content (AvgIpc) is 2.26. The van der Waals surface area contributed by atoms with Gasteiger partial charge in [-0.05, 0) is 12.1 Å². The van der Waals surface area contributed by atoms with E-state index in [1.165, 1.54) is 0 Å². The summed E-state index contributed by atoms with van der Waals surface area (Å²) in [6, 6.07) is 8.34. The summed E-state index contributed by atoms with van der Waals surface area (Å²) in [5.74, 6) is 0. The van der Waals surface area contributed by atoms with Crippen molar-refractivity contribution in [3.05, 3.63) is 30.3 Å². The van der Waals surface area contributed by atoms with Gasteiger partial charge >= 0.3 is 12.4 Å². The summed E-state index contributed by atoms with van der Waals surface area (Å²) in [5.41, 5.74) is 0.585. The molecule has 0 aliphatic heterocycles. The van der Waals surface area contributed by atoms with Crippen molar-refractivity contribution in [2.75, 3.05) is 18.5 Å². The number of hydrogen-bond donors (Lipinski definition) is 1. The van der Waals surface area contributed by atoms with Crippen LogP contribution in [0.5, 0.6) is 0 Å². The number of para-hydroxylation sites is 1. The molecule has 1 aromatic carbocycles. The lowest BCUT2D eigenvalue weighted by atomic mass is 10.3. The maximum Gasteiger partial charge on any atom is 0.423 e. The van der Waals surface area contributed by atoms with Crippen molar-refractivity contribution in [3.63, 3.8) is 0 Å². The highest BCUT2D eigenvalue weighted by Gasteiger charge is 2.57. The molecule has 2 nitrogen and oxygen atoms in total. The lowest BCUT2D eigenvalue weighted by Gasteiger charge is -2.23. The van der Waals surface area contributed by atoms with Gasteiger partial charge in [0.25, 0.3) is 0 Å². The van der Waals surface area contributed by atoms with E-state index in [1.807, 2.05) is 0 Å². The third kappa shape index (κ3) is 5.37. The van der Waals surface area contributed by atoms with Gasteiger partial charge in [-0.2, -0.15) is 26.3 Å². The zero-order chi connectivity index (χ0) is 14.5. The lowest BCUT2D eigenvalue weighted by Crippen LogP contribution is -2.45. The number of rotatable bonds is 5. The van der Waals surface area contributed by atoms with Crippen molar-refractivity contribution in [1.82, 2.24) is 0 Å². The van der Waals surface area contributed by atoms with Crippen LogP contribution < -0.4 is 5.32 Å². The minimum Gasteiger partial charge on any atom is -0.383 e. The van der Waals surface area contributed by atoms with E-state index < -0.39 is 25.1 Å². The summed E-state index contributed by atoms with van der Waals surface area (Å²) in [6.45, 7) is -0.870. The van der Waals surface area contributed by atoms with E-state index in [1.54, 1.807) is 30.3 Å². The van der Waals surface area contributed by atoms with Gasteiger partial charge < -0.3 is 10.1 Å². The minimum atomic E-state index is -5.47. The molecule has 0 saturated carbocycles. The summed E-state index contributed by atoms with van der Waals surface area (Å²) >= 11 is 0. The number of nitrogens with one attached hydrogen (secondary N) is 1. The summed E-state index contributed by atoms with van der Waals surface area (Å²) in [7, 11) is 0. The van der Waals surface area contributed by atoms with Gasteiger partial charge in [0.15, 0.2) is 0 Å². The van der Waals surface area contributed by atoms with E-state index in [2.05, 4.69) is 10.1 Å². The largest absolute Gasteiger partial charge is 0.423 e. The average molecular weight is 287 g/mol. The van der Waals surface area contributed by atoms with Gasteiger partial charge in [0.1, 0.15) is 0 Å². The van der Waals surface area contributed by atoms with E-state index in [9.17, 15) is 26.3 Å². The van der Waals surface area contributed by atoms with Crippen molar-refractivity contribution in [1.29, 1.82) is 0 Å². The van der Waals surface area contributed by atoms with Crippen LogP contribution in [0.15, 0.2) is 30.3 Å². The summed E-state index contributed by atoms with van der Waals surface area (Å²) < 4.78 is 76.5. The molecule has 0 heterocycles. The second kappa shape index (κ2) is 6.14. The number of hydrogen-bond acceptors (Lipinski definition) is 2. The highest BCUT2D eigenvalue weighted by atomic mass is 19.4. The monoisotopic (exact) mass is 287 g/mol. The van der Waals surface area contributed by atoms with Gasteiger partial charge in [-0.3, -0.25) is 0 Å². The van der Waals surface area contributed by atoms with E-state index in [0.29, 0.717) is 5.69 Å². The van der Waals surface area contributed by atoms with Crippen molar-refractivity contribution in [2.45, 2.75) is 18.5 Å². The number of alkyl halides is 6. The van der Waals surface area contributed by atoms with Gasteiger partial charge in [0.2, 0.25) is 6.10 Å². The Balaban J connectivity index is 2.42. The van der Waals surface area contributed by atoms with Crippen LogP contribution in [0.1, 0.15) is 0 Å². The fourth-order valence-corrected chi connectivity index (χ4v) is 1.30. The second-order valence-corrected chi connectivity index (χ2v) is 3.63. The molecule has 1 rings (SSSR count).